The van der Waals surface area contributed by atoms with Crippen LogP contribution in [0.3, 0.4) is 0 Å². The predicted molar refractivity (Wildman–Crippen MR) is 131 cm³/mol. The Morgan fingerprint density at radius 1 is 1.26 bits per heavy atom. The SMILES string of the molecule is C=C(C(=O)O)C1CCCN(c2ccc(C(=O)N[C@H]3C4CC5CC3C[C@](O)(C5)C4)c(OCCC)n2)C1. The summed E-state index contributed by atoms with van der Waals surface area (Å²) in [5.74, 6) is 0.996. The van der Waals surface area contributed by atoms with Crippen LogP contribution in [-0.4, -0.2) is 58.4 Å². The highest BCUT2D eigenvalue weighted by Crippen LogP contribution is 2.55. The molecule has 1 saturated heterocycles. The molecule has 35 heavy (non-hydrogen) atoms. The number of rotatable bonds is 8. The summed E-state index contributed by atoms with van der Waals surface area (Å²) in [5.41, 5.74) is 0.126. The molecule has 1 amide bonds. The van der Waals surface area contributed by atoms with Gasteiger partial charge in [-0.05, 0) is 81.3 Å². The van der Waals surface area contributed by atoms with Gasteiger partial charge in [0, 0.05) is 30.6 Å². The lowest BCUT2D eigenvalue weighted by Crippen LogP contribution is -2.61. The van der Waals surface area contributed by atoms with Gasteiger partial charge in [-0.25, -0.2) is 4.79 Å². The normalized spacial score (nSPS) is 33.4. The number of ether oxygens (including phenoxy) is 1. The van der Waals surface area contributed by atoms with Crippen LogP contribution in [0.2, 0.25) is 0 Å². The lowest BCUT2D eigenvalue weighted by Gasteiger charge is -2.58. The summed E-state index contributed by atoms with van der Waals surface area (Å²) in [6, 6.07) is 3.70. The summed E-state index contributed by atoms with van der Waals surface area (Å²) in [7, 11) is 0. The summed E-state index contributed by atoms with van der Waals surface area (Å²) < 4.78 is 5.92. The number of aromatic nitrogens is 1. The second-order valence-electron chi connectivity index (χ2n) is 11.2. The van der Waals surface area contributed by atoms with E-state index in [1.54, 1.807) is 6.07 Å². The van der Waals surface area contributed by atoms with Gasteiger partial charge in [0.15, 0.2) is 0 Å². The summed E-state index contributed by atoms with van der Waals surface area (Å²) in [5, 5.41) is 23.5. The van der Waals surface area contributed by atoms with Crippen LogP contribution in [0.25, 0.3) is 0 Å². The van der Waals surface area contributed by atoms with Gasteiger partial charge in [-0.2, -0.15) is 4.98 Å². The summed E-state index contributed by atoms with van der Waals surface area (Å²) >= 11 is 0. The van der Waals surface area contributed by atoms with Gasteiger partial charge in [0.2, 0.25) is 5.88 Å². The molecule has 8 nitrogen and oxygen atoms in total. The number of amides is 1. The van der Waals surface area contributed by atoms with E-state index in [4.69, 9.17) is 9.72 Å². The van der Waals surface area contributed by atoms with Crippen molar-refractivity contribution in [2.75, 3.05) is 24.6 Å². The van der Waals surface area contributed by atoms with Gasteiger partial charge in [-0.15, -0.1) is 0 Å². The summed E-state index contributed by atoms with van der Waals surface area (Å²) in [6.45, 7) is 7.52. The summed E-state index contributed by atoms with van der Waals surface area (Å²) in [4.78, 5) is 31.6. The molecule has 3 atom stereocenters. The van der Waals surface area contributed by atoms with Crippen LogP contribution in [0.5, 0.6) is 5.88 Å². The Bertz CT molecular complexity index is 995. The maximum atomic E-state index is 13.4. The molecule has 0 radical (unpaired) electrons. The van der Waals surface area contributed by atoms with Crippen molar-refractivity contribution in [3.63, 3.8) is 0 Å². The second-order valence-corrected chi connectivity index (χ2v) is 11.2. The average molecular weight is 484 g/mol. The van der Waals surface area contributed by atoms with Crippen molar-refractivity contribution in [3.8, 4) is 5.88 Å². The molecule has 4 bridgehead atoms. The zero-order chi connectivity index (χ0) is 24.7. The van der Waals surface area contributed by atoms with Gasteiger partial charge in [-0.3, -0.25) is 4.79 Å². The van der Waals surface area contributed by atoms with Crippen molar-refractivity contribution in [1.82, 2.24) is 10.3 Å². The Labute approximate surface area is 206 Å². The molecule has 1 aromatic rings. The number of carbonyl (C=O) groups is 2. The third-order valence-corrected chi connectivity index (χ3v) is 8.58. The highest BCUT2D eigenvalue weighted by Gasteiger charge is 2.55. The number of carbonyl (C=O) groups excluding carboxylic acids is 1. The number of hydrogen-bond donors (Lipinski definition) is 3. The van der Waals surface area contributed by atoms with E-state index in [1.165, 1.54) is 0 Å². The number of carboxylic acid groups (broad SMARTS) is 1. The maximum Gasteiger partial charge on any atom is 0.331 e. The van der Waals surface area contributed by atoms with E-state index in [1.807, 2.05) is 13.0 Å². The Hall–Kier alpha value is -2.61. The maximum absolute atomic E-state index is 13.4. The predicted octanol–water partition coefficient (Wildman–Crippen LogP) is 3.40. The third-order valence-electron chi connectivity index (χ3n) is 8.58. The zero-order valence-corrected chi connectivity index (χ0v) is 20.5. The van der Waals surface area contributed by atoms with Crippen molar-refractivity contribution < 1.29 is 24.5 Å². The smallest absolute Gasteiger partial charge is 0.331 e. The highest BCUT2D eigenvalue weighted by molar-refractivity contribution is 5.97. The molecule has 3 unspecified atom stereocenters. The van der Waals surface area contributed by atoms with Crippen LogP contribution >= 0.6 is 0 Å². The van der Waals surface area contributed by atoms with Crippen LogP contribution in [0.4, 0.5) is 5.82 Å². The molecule has 4 saturated carbocycles. The number of nitrogens with one attached hydrogen (secondary N) is 1. The number of carboxylic acids is 1. The van der Waals surface area contributed by atoms with Crippen molar-refractivity contribution in [2.45, 2.75) is 69.9 Å². The molecule has 8 heteroatoms. The van der Waals surface area contributed by atoms with E-state index in [0.717, 1.165) is 57.9 Å². The number of hydrogen-bond acceptors (Lipinski definition) is 6. The van der Waals surface area contributed by atoms with E-state index in [2.05, 4.69) is 16.8 Å². The monoisotopic (exact) mass is 483 g/mol. The quantitative estimate of drug-likeness (QED) is 0.486. The van der Waals surface area contributed by atoms with Gasteiger partial charge in [0.05, 0.1) is 12.2 Å². The Kier molecular flexibility index (Phi) is 6.51. The lowest BCUT2D eigenvalue weighted by molar-refractivity contribution is -0.137. The van der Waals surface area contributed by atoms with E-state index in [-0.39, 0.29) is 23.4 Å². The van der Waals surface area contributed by atoms with Gasteiger partial charge in [0.1, 0.15) is 11.4 Å². The van der Waals surface area contributed by atoms with Gasteiger partial charge >= 0.3 is 5.97 Å². The third kappa shape index (κ3) is 4.77. The molecule has 0 aromatic carbocycles. The van der Waals surface area contributed by atoms with Crippen molar-refractivity contribution in [3.05, 3.63) is 29.8 Å². The van der Waals surface area contributed by atoms with Crippen LogP contribution in [-0.2, 0) is 4.79 Å². The molecule has 5 fully saturated rings. The Morgan fingerprint density at radius 2 is 2.00 bits per heavy atom. The largest absolute Gasteiger partial charge is 0.478 e. The fraction of sp³-hybridized carbons (Fsp3) is 0.667. The fourth-order valence-corrected chi connectivity index (χ4v) is 7.18. The van der Waals surface area contributed by atoms with Crippen molar-refractivity contribution in [1.29, 1.82) is 0 Å². The first-order chi connectivity index (χ1) is 16.8. The first-order valence-corrected chi connectivity index (χ1v) is 13.1. The summed E-state index contributed by atoms with van der Waals surface area (Å²) in [6.07, 6.45) is 7.07. The number of aliphatic carboxylic acids is 1. The van der Waals surface area contributed by atoms with Crippen molar-refractivity contribution in [2.24, 2.45) is 23.7 Å². The second kappa shape index (κ2) is 9.45. The molecule has 1 aromatic heterocycles. The molecule has 4 aliphatic carbocycles. The molecule has 6 rings (SSSR count). The highest BCUT2D eigenvalue weighted by atomic mass is 16.5. The average Bonchev–Trinajstić information content (AvgIpc) is 2.83. The standard InChI is InChI=1S/C27H37N3O5/c1-3-9-35-25-21(6-7-22(28-25)30-8-4-5-18(15-30)16(2)26(32)33)24(31)29-23-19-10-17-11-20(23)14-27(34,12-17)13-19/h6-7,17-20,23,34H,2-5,8-15H2,1H3,(H,29,31)(H,32,33)/t17?,18?,19?,20?,23-,27-. The first kappa shape index (κ1) is 24.1. The van der Waals surface area contributed by atoms with Crippen LogP contribution in [0.15, 0.2) is 24.3 Å². The number of piperidine rings is 1. The number of pyridine rings is 1. The molecule has 0 spiro atoms. The molecular weight excluding hydrogens is 446 g/mol. The van der Waals surface area contributed by atoms with Crippen LogP contribution in [0.1, 0.15) is 68.6 Å². The zero-order valence-electron chi connectivity index (χ0n) is 20.5. The molecule has 5 aliphatic rings. The minimum absolute atomic E-state index is 0.0860. The molecule has 1 aliphatic heterocycles. The lowest BCUT2D eigenvalue weighted by atomic mass is 9.52. The van der Waals surface area contributed by atoms with Gasteiger partial charge in [0.25, 0.3) is 5.91 Å². The van der Waals surface area contributed by atoms with Crippen LogP contribution in [0, 0.1) is 23.7 Å². The number of nitrogens with zero attached hydrogens (tertiary/aromatic N) is 2. The molecule has 190 valence electrons. The van der Waals surface area contributed by atoms with E-state index >= 15 is 0 Å². The van der Waals surface area contributed by atoms with E-state index in [0.29, 0.717) is 48.2 Å². The minimum Gasteiger partial charge on any atom is -0.478 e. The van der Waals surface area contributed by atoms with Gasteiger partial charge < -0.3 is 25.2 Å². The number of anilines is 1. The Morgan fingerprint density at radius 3 is 2.66 bits per heavy atom. The van der Waals surface area contributed by atoms with E-state index in [9.17, 15) is 19.8 Å². The van der Waals surface area contributed by atoms with E-state index < -0.39 is 11.6 Å². The Balaban J connectivity index is 1.33. The first-order valence-electron chi connectivity index (χ1n) is 13.1. The topological polar surface area (TPSA) is 112 Å². The fourth-order valence-electron chi connectivity index (χ4n) is 7.18. The minimum atomic E-state index is -0.958. The van der Waals surface area contributed by atoms with Crippen LogP contribution < -0.4 is 15.0 Å². The molecule has 2 heterocycles. The molecule has 3 N–H and O–H groups in total. The number of aliphatic hydroxyl groups is 1. The van der Waals surface area contributed by atoms with Gasteiger partial charge in [-0.1, -0.05) is 13.5 Å². The van der Waals surface area contributed by atoms with Crippen molar-refractivity contribution >= 4 is 17.7 Å². The molecular formula is C27H37N3O5.